The fraction of sp³-hybridized carbons (Fsp3) is 0.533. The topological polar surface area (TPSA) is 12.4 Å². The number of nitrogens with zero attached hydrogens (tertiary/aromatic N) is 1. The molecule has 0 aliphatic rings. The maximum Gasteiger partial charge on any atom is 0.132 e. The van der Waals surface area contributed by atoms with E-state index in [4.69, 9.17) is 11.6 Å². The van der Waals surface area contributed by atoms with Gasteiger partial charge in [0, 0.05) is 6.20 Å². The summed E-state index contributed by atoms with van der Waals surface area (Å²) < 4.78 is 0. The highest BCUT2D eigenvalue weighted by atomic mass is 35.5. The smallest absolute Gasteiger partial charge is 0.132 e. The molecule has 17 heavy (non-hydrogen) atoms. The highest BCUT2D eigenvalue weighted by Gasteiger charge is 2.19. The van der Waals surface area contributed by atoms with E-state index in [1.165, 1.54) is 0 Å². The van der Waals surface area contributed by atoms with Gasteiger partial charge in [-0.15, -0.1) is 0 Å². The number of halogens is 1. The molecule has 2 heteroatoms. The SMILES string of the molecule is C\C=C/C=C(\C(Cl)=N/C=C/C(C)C)C(C)(C)C. The number of allylic oxidation sites excluding steroid dienone is 5. The van der Waals surface area contributed by atoms with Crippen molar-refractivity contribution in [1.29, 1.82) is 0 Å². The Kier molecular flexibility index (Phi) is 7.13. The maximum atomic E-state index is 6.25. The van der Waals surface area contributed by atoms with E-state index >= 15 is 0 Å². The Hall–Kier alpha value is -0.820. The van der Waals surface area contributed by atoms with Gasteiger partial charge in [0.1, 0.15) is 5.17 Å². The summed E-state index contributed by atoms with van der Waals surface area (Å²) in [5.74, 6) is 0.487. The standard InChI is InChI=1S/C15H24ClN/c1-7-8-9-13(15(4,5)6)14(16)17-11-10-12(2)3/h7-12H,1-6H3/b8-7-,11-10+,13-9+,17-14+. The Morgan fingerprint density at radius 1 is 1.24 bits per heavy atom. The van der Waals surface area contributed by atoms with Crippen LogP contribution in [0.3, 0.4) is 0 Å². The first kappa shape index (κ1) is 16.2. The molecular formula is C15H24ClN. The molecule has 0 saturated heterocycles. The summed E-state index contributed by atoms with van der Waals surface area (Å²) in [6, 6.07) is 0. The van der Waals surface area contributed by atoms with Gasteiger partial charge >= 0.3 is 0 Å². The quantitative estimate of drug-likeness (QED) is 0.474. The van der Waals surface area contributed by atoms with Crippen molar-refractivity contribution in [3.63, 3.8) is 0 Å². The molecule has 1 nitrogen and oxygen atoms in total. The summed E-state index contributed by atoms with van der Waals surface area (Å²) in [5.41, 5.74) is 1.04. The summed E-state index contributed by atoms with van der Waals surface area (Å²) in [6.45, 7) is 12.6. The second-order valence-electron chi connectivity index (χ2n) is 5.36. The van der Waals surface area contributed by atoms with E-state index in [1.54, 1.807) is 6.20 Å². The average Bonchev–Trinajstić information content (AvgIpc) is 2.15. The summed E-state index contributed by atoms with van der Waals surface area (Å²) in [6.07, 6.45) is 9.81. The van der Waals surface area contributed by atoms with Gasteiger partial charge in [0.05, 0.1) is 0 Å². The van der Waals surface area contributed by atoms with Crippen molar-refractivity contribution in [1.82, 2.24) is 0 Å². The van der Waals surface area contributed by atoms with Crippen LogP contribution in [0.5, 0.6) is 0 Å². The van der Waals surface area contributed by atoms with Gasteiger partial charge in [0.15, 0.2) is 0 Å². The molecule has 96 valence electrons. The summed E-state index contributed by atoms with van der Waals surface area (Å²) in [7, 11) is 0. The highest BCUT2D eigenvalue weighted by Crippen LogP contribution is 2.28. The Bertz CT molecular complexity index is 338. The molecule has 0 radical (unpaired) electrons. The Morgan fingerprint density at radius 2 is 1.82 bits per heavy atom. The van der Waals surface area contributed by atoms with E-state index in [2.05, 4.69) is 39.6 Å². The zero-order valence-electron chi connectivity index (χ0n) is 11.8. The fourth-order valence-corrected chi connectivity index (χ4v) is 1.57. The molecule has 0 aromatic heterocycles. The van der Waals surface area contributed by atoms with Crippen molar-refractivity contribution < 1.29 is 0 Å². The number of hydrogen-bond acceptors (Lipinski definition) is 1. The first-order chi connectivity index (χ1) is 7.79. The summed E-state index contributed by atoms with van der Waals surface area (Å²) >= 11 is 6.25. The molecule has 0 spiro atoms. The molecule has 0 bridgehead atoms. The second-order valence-corrected chi connectivity index (χ2v) is 5.72. The molecule has 0 aromatic carbocycles. The van der Waals surface area contributed by atoms with Crippen molar-refractivity contribution in [2.24, 2.45) is 16.3 Å². The lowest BCUT2D eigenvalue weighted by Crippen LogP contribution is -2.14. The minimum absolute atomic E-state index is 0.00817. The van der Waals surface area contributed by atoms with Gasteiger partial charge in [-0.2, -0.15) is 0 Å². The van der Waals surface area contributed by atoms with Gasteiger partial charge in [0.2, 0.25) is 0 Å². The third-order valence-corrected chi connectivity index (χ3v) is 2.45. The maximum absolute atomic E-state index is 6.25. The van der Waals surface area contributed by atoms with Gasteiger partial charge < -0.3 is 0 Å². The van der Waals surface area contributed by atoms with Crippen LogP contribution in [-0.4, -0.2) is 5.17 Å². The summed E-state index contributed by atoms with van der Waals surface area (Å²) in [4.78, 5) is 4.28. The molecule has 0 unspecified atom stereocenters. The van der Waals surface area contributed by atoms with Crippen LogP contribution in [-0.2, 0) is 0 Å². The normalized spacial score (nSPS) is 15.5. The first-order valence-corrected chi connectivity index (χ1v) is 6.40. The van der Waals surface area contributed by atoms with Gasteiger partial charge in [-0.1, -0.05) is 70.5 Å². The van der Waals surface area contributed by atoms with Crippen molar-refractivity contribution in [2.45, 2.75) is 41.5 Å². The molecule has 0 amide bonds. The third kappa shape index (κ3) is 7.17. The number of hydrogen-bond donors (Lipinski definition) is 0. The fourth-order valence-electron chi connectivity index (χ4n) is 1.17. The van der Waals surface area contributed by atoms with E-state index in [9.17, 15) is 0 Å². The lowest BCUT2D eigenvalue weighted by molar-refractivity contribution is 0.526. The van der Waals surface area contributed by atoms with Crippen LogP contribution in [0.4, 0.5) is 0 Å². The molecule has 0 saturated carbocycles. The summed E-state index contributed by atoms with van der Waals surface area (Å²) in [5, 5.41) is 0.563. The van der Waals surface area contributed by atoms with E-state index in [0.29, 0.717) is 11.1 Å². The van der Waals surface area contributed by atoms with Gasteiger partial charge in [0.25, 0.3) is 0 Å². The lowest BCUT2D eigenvalue weighted by Gasteiger charge is -2.21. The van der Waals surface area contributed by atoms with Crippen LogP contribution in [0.2, 0.25) is 0 Å². The predicted octanol–water partition coefficient (Wildman–Crippen LogP) is 5.34. The average molecular weight is 254 g/mol. The van der Waals surface area contributed by atoms with Crippen LogP contribution in [0.1, 0.15) is 41.5 Å². The van der Waals surface area contributed by atoms with Crippen LogP contribution in [0.15, 0.2) is 41.1 Å². The Labute approximate surface area is 111 Å². The lowest BCUT2D eigenvalue weighted by atomic mass is 9.86. The highest BCUT2D eigenvalue weighted by molar-refractivity contribution is 6.69. The van der Waals surface area contributed by atoms with Gasteiger partial charge in [-0.25, -0.2) is 4.99 Å². The minimum atomic E-state index is -0.00817. The van der Waals surface area contributed by atoms with Crippen LogP contribution in [0.25, 0.3) is 0 Å². The molecule has 0 aromatic rings. The molecule has 0 fully saturated rings. The number of rotatable bonds is 4. The zero-order valence-corrected chi connectivity index (χ0v) is 12.5. The van der Waals surface area contributed by atoms with E-state index in [-0.39, 0.29) is 5.41 Å². The minimum Gasteiger partial charge on any atom is -0.245 e. The van der Waals surface area contributed by atoms with Gasteiger partial charge in [-0.05, 0) is 23.8 Å². The van der Waals surface area contributed by atoms with Crippen LogP contribution >= 0.6 is 11.6 Å². The van der Waals surface area contributed by atoms with Crippen LogP contribution < -0.4 is 0 Å². The third-order valence-electron chi connectivity index (χ3n) is 2.14. The zero-order chi connectivity index (χ0) is 13.5. The van der Waals surface area contributed by atoms with E-state index in [0.717, 1.165) is 5.57 Å². The van der Waals surface area contributed by atoms with Gasteiger partial charge in [-0.3, -0.25) is 0 Å². The molecular weight excluding hydrogens is 230 g/mol. The largest absolute Gasteiger partial charge is 0.245 e. The Balaban J connectivity index is 5.08. The molecule has 0 atom stereocenters. The predicted molar refractivity (Wildman–Crippen MR) is 79.6 cm³/mol. The second kappa shape index (κ2) is 7.50. The van der Waals surface area contributed by atoms with Crippen LogP contribution in [0, 0.1) is 11.3 Å². The molecule has 0 N–H and O–H groups in total. The van der Waals surface area contributed by atoms with Crippen molar-refractivity contribution >= 4 is 16.8 Å². The first-order valence-electron chi connectivity index (χ1n) is 6.02. The molecule has 0 aliphatic heterocycles. The monoisotopic (exact) mass is 253 g/mol. The van der Waals surface area contributed by atoms with E-state index < -0.39 is 0 Å². The Morgan fingerprint density at radius 3 is 2.24 bits per heavy atom. The van der Waals surface area contributed by atoms with E-state index in [1.807, 2.05) is 31.2 Å². The number of aliphatic imine (C=N–C) groups is 1. The molecule has 0 aliphatic carbocycles. The van der Waals surface area contributed by atoms with Crippen molar-refractivity contribution in [2.75, 3.05) is 0 Å². The molecule has 0 rings (SSSR count). The van der Waals surface area contributed by atoms with Crippen molar-refractivity contribution in [3.8, 4) is 0 Å². The van der Waals surface area contributed by atoms with Crippen molar-refractivity contribution in [3.05, 3.63) is 36.1 Å². The molecule has 0 heterocycles.